The molecule has 1 heterocycles. The number of carbonyl (C=O) groups is 2. The molecular weight excluding hydrogens is 230 g/mol. The average Bonchev–Trinajstić information content (AvgIpc) is 2.41. The monoisotopic (exact) mass is 241 g/mol. The summed E-state index contributed by atoms with van der Waals surface area (Å²) in [6.07, 6.45) is 10.5. The Balaban J connectivity index is 2.14. The van der Waals surface area contributed by atoms with Crippen molar-refractivity contribution in [1.82, 2.24) is 9.99 Å². The number of hydrogen-bond acceptors (Lipinski definition) is 4. The number of nitrogens with zero attached hydrogens (tertiary/aromatic N) is 2. The van der Waals surface area contributed by atoms with E-state index in [2.05, 4.69) is 4.98 Å². The van der Waals surface area contributed by atoms with Crippen LogP contribution in [-0.2, 0) is 4.79 Å². The molecule has 1 aliphatic carbocycles. The zero-order valence-corrected chi connectivity index (χ0v) is 9.48. The standard InChI is InChI=1S/C13H11N3O2/c14-16(9-10-1-3-12(17)4-2-10)13(18)11-5-7-15-8-6-11/h1-9H,14H2. The molecule has 0 saturated heterocycles. The largest absolute Gasteiger partial charge is 0.290 e. The number of allylic oxidation sites excluding steroid dienone is 5. The van der Waals surface area contributed by atoms with Gasteiger partial charge in [0.1, 0.15) is 0 Å². The van der Waals surface area contributed by atoms with Crippen LogP contribution in [0.4, 0.5) is 0 Å². The highest BCUT2D eigenvalue weighted by atomic mass is 16.2. The highest BCUT2D eigenvalue weighted by Crippen LogP contribution is 2.08. The number of hydrazine groups is 1. The Labute approximate surface area is 104 Å². The third kappa shape index (κ3) is 2.78. The Morgan fingerprint density at radius 2 is 1.78 bits per heavy atom. The second kappa shape index (κ2) is 5.20. The maximum atomic E-state index is 11.9. The van der Waals surface area contributed by atoms with Crippen LogP contribution in [0.15, 0.2) is 60.6 Å². The quantitative estimate of drug-likeness (QED) is 0.475. The Bertz CT molecular complexity index is 541. The van der Waals surface area contributed by atoms with Crippen molar-refractivity contribution in [2.45, 2.75) is 0 Å². The highest BCUT2D eigenvalue weighted by Gasteiger charge is 2.10. The van der Waals surface area contributed by atoms with Crippen molar-refractivity contribution in [3.8, 4) is 0 Å². The van der Waals surface area contributed by atoms with E-state index in [4.69, 9.17) is 5.84 Å². The average molecular weight is 241 g/mol. The lowest BCUT2D eigenvalue weighted by Gasteiger charge is -2.12. The first kappa shape index (κ1) is 11.9. The molecule has 0 unspecified atom stereocenters. The van der Waals surface area contributed by atoms with Crippen molar-refractivity contribution in [3.63, 3.8) is 0 Å². The summed E-state index contributed by atoms with van der Waals surface area (Å²) in [6.45, 7) is 0. The predicted molar refractivity (Wildman–Crippen MR) is 66.0 cm³/mol. The number of aromatic nitrogens is 1. The SMILES string of the molecule is NN(C=C1C=CC(=O)C=C1)C(=O)c1ccncc1. The van der Waals surface area contributed by atoms with Gasteiger partial charge in [-0.25, -0.2) is 5.84 Å². The van der Waals surface area contributed by atoms with E-state index >= 15 is 0 Å². The Morgan fingerprint density at radius 3 is 2.39 bits per heavy atom. The van der Waals surface area contributed by atoms with Gasteiger partial charge in [0.25, 0.3) is 5.91 Å². The summed E-state index contributed by atoms with van der Waals surface area (Å²) in [5.41, 5.74) is 1.13. The molecule has 0 radical (unpaired) electrons. The molecule has 5 heteroatoms. The van der Waals surface area contributed by atoms with Gasteiger partial charge >= 0.3 is 0 Å². The van der Waals surface area contributed by atoms with Gasteiger partial charge in [0.05, 0.1) is 0 Å². The van der Waals surface area contributed by atoms with Crippen LogP contribution >= 0.6 is 0 Å². The van der Waals surface area contributed by atoms with Gasteiger partial charge in [-0.1, -0.05) is 0 Å². The minimum atomic E-state index is -0.344. The summed E-state index contributed by atoms with van der Waals surface area (Å²) in [4.78, 5) is 26.7. The van der Waals surface area contributed by atoms with Gasteiger partial charge in [0.15, 0.2) is 5.78 Å². The lowest BCUT2D eigenvalue weighted by molar-refractivity contribution is -0.110. The second-order valence-corrected chi connectivity index (χ2v) is 3.65. The number of hydrogen-bond donors (Lipinski definition) is 1. The highest BCUT2D eigenvalue weighted by molar-refractivity contribution is 6.01. The molecule has 0 fully saturated rings. The molecule has 0 saturated carbocycles. The zero-order chi connectivity index (χ0) is 13.0. The predicted octanol–water partition coefficient (Wildman–Crippen LogP) is 0.977. The first-order valence-corrected chi connectivity index (χ1v) is 5.27. The van der Waals surface area contributed by atoms with E-state index in [1.807, 2.05) is 0 Å². The molecule has 2 N–H and O–H groups in total. The topological polar surface area (TPSA) is 76.3 Å². The third-order valence-electron chi connectivity index (χ3n) is 2.33. The Kier molecular flexibility index (Phi) is 3.45. The second-order valence-electron chi connectivity index (χ2n) is 3.65. The molecular formula is C13H11N3O2. The molecule has 0 aliphatic heterocycles. The molecule has 0 bridgehead atoms. The molecule has 1 aromatic rings. The molecule has 1 aromatic heterocycles. The molecule has 5 nitrogen and oxygen atoms in total. The maximum absolute atomic E-state index is 11.9. The van der Waals surface area contributed by atoms with E-state index in [-0.39, 0.29) is 11.7 Å². The third-order valence-corrected chi connectivity index (χ3v) is 2.33. The van der Waals surface area contributed by atoms with Crippen LogP contribution in [-0.4, -0.2) is 21.7 Å². The van der Waals surface area contributed by atoms with Crippen molar-refractivity contribution in [2.24, 2.45) is 5.84 Å². The minimum Gasteiger partial charge on any atom is -0.290 e. The van der Waals surface area contributed by atoms with Gasteiger partial charge in [0.2, 0.25) is 0 Å². The number of ketones is 1. The van der Waals surface area contributed by atoms with Crippen molar-refractivity contribution < 1.29 is 9.59 Å². The maximum Gasteiger partial charge on any atom is 0.272 e. The van der Waals surface area contributed by atoms with E-state index in [1.165, 1.54) is 30.7 Å². The van der Waals surface area contributed by atoms with Crippen LogP contribution in [0.2, 0.25) is 0 Å². The summed E-state index contributed by atoms with van der Waals surface area (Å²) < 4.78 is 0. The Morgan fingerprint density at radius 1 is 1.17 bits per heavy atom. The van der Waals surface area contributed by atoms with E-state index in [9.17, 15) is 9.59 Å². The van der Waals surface area contributed by atoms with Crippen molar-refractivity contribution in [3.05, 3.63) is 66.2 Å². The van der Waals surface area contributed by atoms with Crippen molar-refractivity contribution in [2.75, 3.05) is 0 Å². The molecule has 0 aromatic carbocycles. The summed E-state index contributed by atoms with van der Waals surface area (Å²) in [6, 6.07) is 3.16. The first-order valence-electron chi connectivity index (χ1n) is 5.27. The fraction of sp³-hybridized carbons (Fsp3) is 0. The fourth-order valence-corrected chi connectivity index (χ4v) is 1.42. The first-order chi connectivity index (χ1) is 8.66. The van der Waals surface area contributed by atoms with Gasteiger partial charge in [-0.15, -0.1) is 0 Å². The van der Waals surface area contributed by atoms with E-state index < -0.39 is 0 Å². The number of amides is 1. The lowest BCUT2D eigenvalue weighted by atomic mass is 10.1. The molecule has 1 amide bonds. The van der Waals surface area contributed by atoms with Crippen LogP contribution in [0.5, 0.6) is 0 Å². The van der Waals surface area contributed by atoms with E-state index in [0.717, 1.165) is 5.01 Å². The van der Waals surface area contributed by atoms with Crippen molar-refractivity contribution in [1.29, 1.82) is 0 Å². The smallest absolute Gasteiger partial charge is 0.272 e. The summed E-state index contributed by atoms with van der Waals surface area (Å²) >= 11 is 0. The van der Waals surface area contributed by atoms with E-state index in [0.29, 0.717) is 11.1 Å². The normalized spacial score (nSPS) is 13.6. The number of nitrogens with two attached hydrogens (primary N) is 1. The van der Waals surface area contributed by atoms with Crippen LogP contribution < -0.4 is 5.84 Å². The molecule has 90 valence electrons. The zero-order valence-electron chi connectivity index (χ0n) is 9.48. The lowest BCUT2D eigenvalue weighted by Crippen LogP contribution is -2.32. The molecule has 0 atom stereocenters. The van der Waals surface area contributed by atoms with Crippen LogP contribution in [0, 0.1) is 0 Å². The van der Waals surface area contributed by atoms with Crippen LogP contribution in [0.25, 0.3) is 0 Å². The van der Waals surface area contributed by atoms with Crippen LogP contribution in [0.3, 0.4) is 0 Å². The van der Waals surface area contributed by atoms with Crippen molar-refractivity contribution >= 4 is 11.7 Å². The van der Waals surface area contributed by atoms with Gasteiger partial charge in [-0.3, -0.25) is 19.6 Å². The van der Waals surface area contributed by atoms with Gasteiger partial charge in [0, 0.05) is 24.2 Å². The fourth-order valence-electron chi connectivity index (χ4n) is 1.42. The number of carbonyl (C=O) groups excluding carboxylic acids is 2. The van der Waals surface area contributed by atoms with Gasteiger partial charge in [-0.05, 0) is 42.0 Å². The Hall–Kier alpha value is -2.53. The van der Waals surface area contributed by atoms with Gasteiger partial charge < -0.3 is 0 Å². The molecule has 0 spiro atoms. The summed E-state index contributed by atoms with van der Waals surface area (Å²) in [5.74, 6) is 5.22. The molecule has 18 heavy (non-hydrogen) atoms. The minimum absolute atomic E-state index is 0.0869. The molecule has 1 aliphatic rings. The van der Waals surface area contributed by atoms with Gasteiger partial charge in [-0.2, -0.15) is 0 Å². The summed E-state index contributed by atoms with van der Waals surface area (Å²) in [7, 11) is 0. The van der Waals surface area contributed by atoms with E-state index in [1.54, 1.807) is 24.3 Å². The number of rotatable bonds is 2. The summed E-state index contributed by atoms with van der Waals surface area (Å²) in [5, 5.41) is 0.981. The molecule has 2 rings (SSSR count). The van der Waals surface area contributed by atoms with Crippen LogP contribution in [0.1, 0.15) is 10.4 Å². The number of pyridine rings is 1.